The Hall–Kier alpha value is -3.29. The first-order valence-electron chi connectivity index (χ1n) is 8.41. The third-order valence-corrected chi connectivity index (χ3v) is 5.33. The van der Waals surface area contributed by atoms with E-state index in [1.807, 2.05) is 6.07 Å². The number of nitriles is 1. The zero-order valence-corrected chi connectivity index (χ0v) is 17.9. The molecule has 1 amide bonds. The summed E-state index contributed by atoms with van der Waals surface area (Å²) in [6.07, 6.45) is 1.68. The van der Waals surface area contributed by atoms with E-state index in [0.29, 0.717) is 37.3 Å². The molecule has 0 aliphatic carbocycles. The van der Waals surface area contributed by atoms with Crippen LogP contribution in [-0.2, 0) is 4.79 Å². The Kier molecular flexibility index (Phi) is 6.76. The van der Waals surface area contributed by atoms with Crippen molar-refractivity contribution in [2.24, 2.45) is 4.99 Å². The minimum atomic E-state index is -1.02. The van der Waals surface area contributed by atoms with Gasteiger partial charge < -0.3 is 19.9 Å². The molecule has 2 N–H and O–H groups in total. The summed E-state index contributed by atoms with van der Waals surface area (Å²) >= 11 is 4.55. The normalized spacial score (nSPS) is 15.7. The molecule has 0 atom stereocenters. The Morgan fingerprint density at radius 3 is 2.73 bits per heavy atom. The summed E-state index contributed by atoms with van der Waals surface area (Å²) in [5.74, 6) is -0.506. The monoisotopic (exact) mass is 487 g/mol. The summed E-state index contributed by atoms with van der Waals surface area (Å²) < 4.78 is 11.3. The van der Waals surface area contributed by atoms with Crippen LogP contribution in [0.2, 0.25) is 0 Å². The number of thioether (sulfide) groups is 1. The summed E-state index contributed by atoms with van der Waals surface area (Å²) in [5, 5.41) is 20.7. The number of nitrogens with zero attached hydrogens (tertiary/aromatic N) is 2. The van der Waals surface area contributed by atoms with Crippen molar-refractivity contribution in [1.82, 2.24) is 5.32 Å². The van der Waals surface area contributed by atoms with Gasteiger partial charge in [0.2, 0.25) is 0 Å². The fourth-order valence-corrected chi connectivity index (χ4v) is 3.91. The SMILES string of the molecule is COc1cc(/C=C2\SC(=Nc3ccc(C(=O)O)cc3)NC2=O)cc(Br)c1OCC#N. The number of carbonyl (C=O) groups excluding carboxylic acids is 1. The molecule has 2 aromatic rings. The molecule has 30 heavy (non-hydrogen) atoms. The van der Waals surface area contributed by atoms with E-state index < -0.39 is 5.97 Å². The zero-order chi connectivity index (χ0) is 21.7. The fourth-order valence-electron chi connectivity index (χ4n) is 2.50. The van der Waals surface area contributed by atoms with Gasteiger partial charge in [0.05, 0.1) is 27.7 Å². The van der Waals surface area contributed by atoms with E-state index in [1.54, 1.807) is 30.3 Å². The van der Waals surface area contributed by atoms with Gasteiger partial charge in [-0.25, -0.2) is 9.79 Å². The second-order valence-corrected chi connectivity index (χ2v) is 7.70. The van der Waals surface area contributed by atoms with Crippen LogP contribution in [0.15, 0.2) is 50.8 Å². The Morgan fingerprint density at radius 1 is 1.37 bits per heavy atom. The van der Waals surface area contributed by atoms with Crippen molar-refractivity contribution < 1.29 is 24.2 Å². The predicted octanol–water partition coefficient (Wildman–Crippen LogP) is 3.95. The molecule has 1 fully saturated rings. The Morgan fingerprint density at radius 2 is 2.10 bits per heavy atom. The number of amidine groups is 1. The average Bonchev–Trinajstić information content (AvgIpc) is 3.05. The molecule has 2 aromatic carbocycles. The van der Waals surface area contributed by atoms with Crippen LogP contribution in [0.5, 0.6) is 11.5 Å². The third-order valence-electron chi connectivity index (χ3n) is 3.83. The van der Waals surface area contributed by atoms with Crippen molar-refractivity contribution in [1.29, 1.82) is 5.26 Å². The number of nitrogens with one attached hydrogen (secondary N) is 1. The highest BCUT2D eigenvalue weighted by atomic mass is 79.9. The Balaban J connectivity index is 1.83. The van der Waals surface area contributed by atoms with Crippen LogP contribution < -0.4 is 14.8 Å². The van der Waals surface area contributed by atoms with Gasteiger partial charge in [0.1, 0.15) is 6.07 Å². The van der Waals surface area contributed by atoms with Crippen molar-refractivity contribution in [3.8, 4) is 17.6 Å². The van der Waals surface area contributed by atoms with Crippen LogP contribution in [0, 0.1) is 11.3 Å². The van der Waals surface area contributed by atoms with Gasteiger partial charge >= 0.3 is 5.97 Å². The molecule has 1 heterocycles. The molecule has 1 saturated heterocycles. The number of rotatable bonds is 6. The number of amides is 1. The second kappa shape index (κ2) is 9.47. The maximum absolute atomic E-state index is 12.3. The van der Waals surface area contributed by atoms with Gasteiger partial charge in [0.15, 0.2) is 23.3 Å². The lowest BCUT2D eigenvalue weighted by atomic mass is 10.2. The van der Waals surface area contributed by atoms with Gasteiger partial charge in [-0.1, -0.05) is 0 Å². The number of methoxy groups -OCH3 is 1. The first kappa shape index (κ1) is 21.4. The lowest BCUT2D eigenvalue weighted by Gasteiger charge is -2.11. The second-order valence-electron chi connectivity index (χ2n) is 5.81. The maximum atomic E-state index is 12.3. The van der Waals surface area contributed by atoms with E-state index >= 15 is 0 Å². The number of hydrogen-bond donors (Lipinski definition) is 2. The van der Waals surface area contributed by atoms with Crippen LogP contribution in [0.3, 0.4) is 0 Å². The first-order valence-corrected chi connectivity index (χ1v) is 10.0. The largest absolute Gasteiger partial charge is 0.493 e. The van der Waals surface area contributed by atoms with Crippen LogP contribution in [-0.4, -0.2) is 35.9 Å². The molecule has 1 aliphatic rings. The molecule has 1 aliphatic heterocycles. The number of carboxylic acid groups (broad SMARTS) is 1. The molecule has 0 aromatic heterocycles. The van der Waals surface area contributed by atoms with Gasteiger partial charge in [-0.2, -0.15) is 5.26 Å². The number of hydrogen-bond acceptors (Lipinski definition) is 7. The van der Waals surface area contributed by atoms with Gasteiger partial charge in [0.25, 0.3) is 5.91 Å². The smallest absolute Gasteiger partial charge is 0.335 e. The molecule has 10 heteroatoms. The molecule has 152 valence electrons. The lowest BCUT2D eigenvalue weighted by Crippen LogP contribution is -2.19. The van der Waals surface area contributed by atoms with E-state index in [1.165, 1.54) is 19.2 Å². The summed E-state index contributed by atoms with van der Waals surface area (Å²) in [6.45, 7) is -0.124. The highest BCUT2D eigenvalue weighted by Crippen LogP contribution is 2.38. The number of ether oxygens (including phenoxy) is 2. The topological polar surface area (TPSA) is 121 Å². The molecule has 0 bridgehead atoms. The minimum absolute atomic E-state index is 0.124. The molecular formula is C20H14BrN3O5S. The number of benzene rings is 2. The Labute approximate surface area is 184 Å². The Bertz CT molecular complexity index is 1110. The van der Waals surface area contributed by atoms with Gasteiger partial charge in [-0.05, 0) is 75.7 Å². The summed E-state index contributed by atoms with van der Waals surface area (Å²) in [6, 6.07) is 11.3. The highest BCUT2D eigenvalue weighted by Gasteiger charge is 2.24. The van der Waals surface area contributed by atoms with Crippen molar-refractivity contribution in [3.05, 3.63) is 56.9 Å². The number of halogens is 1. The van der Waals surface area contributed by atoms with E-state index in [4.69, 9.17) is 19.8 Å². The standard InChI is InChI=1S/C20H14BrN3O5S/c1-28-15-9-11(8-14(21)17(15)29-7-6-22)10-16-18(25)24-20(30-16)23-13-4-2-12(3-5-13)19(26)27/h2-5,8-10H,7H2,1H3,(H,26,27)(H,23,24,25)/b16-10-. The zero-order valence-electron chi connectivity index (χ0n) is 15.5. The van der Waals surface area contributed by atoms with E-state index in [0.717, 1.165) is 11.8 Å². The van der Waals surface area contributed by atoms with Crippen molar-refractivity contribution in [3.63, 3.8) is 0 Å². The predicted molar refractivity (Wildman–Crippen MR) is 116 cm³/mol. The molecule has 0 saturated carbocycles. The van der Waals surface area contributed by atoms with E-state index in [9.17, 15) is 9.59 Å². The van der Waals surface area contributed by atoms with Gasteiger partial charge in [0, 0.05) is 0 Å². The maximum Gasteiger partial charge on any atom is 0.335 e. The lowest BCUT2D eigenvalue weighted by molar-refractivity contribution is -0.115. The van der Waals surface area contributed by atoms with Gasteiger partial charge in [-0.15, -0.1) is 0 Å². The summed E-state index contributed by atoms with van der Waals surface area (Å²) in [7, 11) is 1.48. The number of carboxylic acids is 1. The van der Waals surface area contributed by atoms with Crippen LogP contribution in [0.25, 0.3) is 6.08 Å². The molecule has 0 radical (unpaired) electrons. The highest BCUT2D eigenvalue weighted by molar-refractivity contribution is 9.10. The average molecular weight is 488 g/mol. The molecule has 0 spiro atoms. The van der Waals surface area contributed by atoms with E-state index in [-0.39, 0.29) is 18.1 Å². The number of aromatic carboxylic acids is 1. The number of carbonyl (C=O) groups is 2. The van der Waals surface area contributed by atoms with Crippen LogP contribution >= 0.6 is 27.7 Å². The van der Waals surface area contributed by atoms with Crippen molar-refractivity contribution in [2.75, 3.05) is 13.7 Å². The molecule has 3 rings (SSSR count). The van der Waals surface area contributed by atoms with Gasteiger partial charge in [-0.3, -0.25) is 4.79 Å². The fraction of sp³-hybridized carbons (Fsp3) is 0.100. The minimum Gasteiger partial charge on any atom is -0.493 e. The van der Waals surface area contributed by atoms with E-state index in [2.05, 4.69) is 26.2 Å². The quantitative estimate of drug-likeness (QED) is 0.591. The third kappa shape index (κ3) is 5.00. The van der Waals surface area contributed by atoms with Crippen LogP contribution in [0.4, 0.5) is 5.69 Å². The van der Waals surface area contributed by atoms with Crippen molar-refractivity contribution >= 4 is 56.5 Å². The summed E-state index contributed by atoms with van der Waals surface area (Å²) in [5.41, 5.74) is 1.37. The van der Waals surface area contributed by atoms with Crippen molar-refractivity contribution in [2.45, 2.75) is 0 Å². The first-order chi connectivity index (χ1) is 14.4. The molecule has 8 nitrogen and oxygen atoms in total. The molecular weight excluding hydrogens is 474 g/mol. The summed E-state index contributed by atoms with van der Waals surface area (Å²) in [4.78, 5) is 28.0. The van der Waals surface area contributed by atoms with Crippen LogP contribution in [0.1, 0.15) is 15.9 Å². The molecule has 0 unspecified atom stereocenters. The number of aliphatic imine (C=N–C) groups is 1.